The van der Waals surface area contributed by atoms with Crippen molar-refractivity contribution < 1.29 is 120 Å². The molecule has 5 heterocycles. The van der Waals surface area contributed by atoms with E-state index in [0.29, 0.717) is 0 Å². The van der Waals surface area contributed by atoms with Crippen LogP contribution < -0.4 is 78.6 Å². The molecular formula is C35H32Br4CoN6O4Re-2. The number of carboxylic acids is 1. The normalized spacial score (nSPS) is 8.75. The number of hydrogen-bond acceptors (Lipinski definition) is 9. The van der Waals surface area contributed by atoms with Crippen molar-refractivity contribution in [2.75, 3.05) is 7.11 Å². The number of fused-ring (bicyclic) bond motifs is 6. The maximum absolute atomic E-state index is 10.0. The van der Waals surface area contributed by atoms with E-state index in [-0.39, 0.29) is 111 Å². The van der Waals surface area contributed by atoms with Crippen molar-refractivity contribution in [1.29, 1.82) is 0 Å². The summed E-state index contributed by atoms with van der Waals surface area (Å²) in [5.74, 6) is -1.19. The standard InChI is InChI=1S/2C14H12N2.C6H5NO2.CH4O.4BrH.Co.NO.Re/c2*1-9-3-5-11-7-8-12-6-4-10(2)16-14(12)13(11)15-9;8-6(9)5-2-1-3-7-4-5;1-2;;;;;;1-2;/h2*3-8H,1-2H3;1-4H,(H,8,9);2H,1H3;4*1H;;;/q;;;;;;;;+3;;/p-5. The van der Waals surface area contributed by atoms with Crippen molar-refractivity contribution in [3.05, 3.63) is 131 Å². The van der Waals surface area contributed by atoms with E-state index in [9.17, 15) is 9.90 Å². The fourth-order valence-electron chi connectivity index (χ4n) is 4.41. The molecule has 0 fully saturated rings. The first-order chi connectivity index (χ1) is 21.8. The van der Waals surface area contributed by atoms with Gasteiger partial charge < -0.3 is 82.9 Å². The average molecular weight is 1170 g/mol. The first-order valence-corrected chi connectivity index (χ1v) is 13.8. The van der Waals surface area contributed by atoms with Crippen LogP contribution in [0.1, 0.15) is 33.1 Å². The second-order valence-electron chi connectivity index (χ2n) is 9.76. The van der Waals surface area contributed by atoms with Crippen LogP contribution in [0.15, 0.2) is 97.3 Å². The molecule has 7 rings (SSSR count). The van der Waals surface area contributed by atoms with Gasteiger partial charge in [0.2, 0.25) is 0 Å². The molecule has 0 amide bonds. The molecule has 16 heteroatoms. The van der Waals surface area contributed by atoms with E-state index in [1.165, 1.54) is 18.5 Å². The molecule has 0 unspecified atom stereocenters. The van der Waals surface area contributed by atoms with E-state index in [1.54, 1.807) is 6.07 Å². The van der Waals surface area contributed by atoms with Gasteiger partial charge in [0.1, 0.15) is 5.59 Å². The van der Waals surface area contributed by atoms with Crippen LogP contribution in [0.5, 0.6) is 0 Å². The Kier molecular flexibility index (Phi) is 30.2. The number of aliphatic hydroxyl groups is 1. The van der Waals surface area contributed by atoms with Gasteiger partial charge >= 0.3 is 16.8 Å². The van der Waals surface area contributed by atoms with Crippen molar-refractivity contribution in [2.45, 2.75) is 27.7 Å². The van der Waals surface area contributed by atoms with Crippen LogP contribution in [-0.4, -0.2) is 43.1 Å². The Bertz CT molecular complexity index is 1840. The number of halogens is 4. The van der Waals surface area contributed by atoms with Gasteiger partial charge in [-0.15, -0.1) is 4.91 Å². The molecule has 1 N–H and O–H groups in total. The van der Waals surface area contributed by atoms with E-state index >= 15 is 0 Å². The van der Waals surface area contributed by atoms with Crippen molar-refractivity contribution in [2.24, 2.45) is 0 Å². The SMILES string of the molecule is CO.Cc1ccc2ccc3ccc(C)nc3c2n1.Cc1ccc2ccc3ccc(C)nc3c2n1.O=C([O-])c1cccnc1.[Br-].[Br-].[Br-].[Br-].[Co+3].[N]=O.[Re]. The summed E-state index contributed by atoms with van der Waals surface area (Å²) in [5, 5.41) is 21.6. The minimum atomic E-state index is -1.19. The molecule has 0 aliphatic rings. The monoisotopic (exact) mass is 1160 g/mol. The number of aromatic nitrogens is 5. The van der Waals surface area contributed by atoms with Gasteiger partial charge in [-0.3, -0.25) is 24.9 Å². The Labute approximate surface area is 362 Å². The Balaban J connectivity index is -0.000000302. The third kappa shape index (κ3) is 15.5. The van der Waals surface area contributed by atoms with E-state index < -0.39 is 5.97 Å². The molecule has 51 heavy (non-hydrogen) atoms. The van der Waals surface area contributed by atoms with Gasteiger partial charge in [0.25, 0.3) is 0 Å². The number of benzene rings is 2. The van der Waals surface area contributed by atoms with Gasteiger partial charge in [0.05, 0.1) is 28.0 Å². The van der Waals surface area contributed by atoms with Crippen LogP contribution >= 0.6 is 0 Å². The molecule has 0 aliphatic carbocycles. The predicted octanol–water partition coefficient (Wildman–Crippen LogP) is -6.58. The average Bonchev–Trinajstić information content (AvgIpc) is 3.07. The fourth-order valence-corrected chi connectivity index (χ4v) is 4.41. The zero-order valence-electron chi connectivity index (χ0n) is 27.8. The third-order valence-electron chi connectivity index (χ3n) is 6.49. The quantitative estimate of drug-likeness (QED) is 0.158. The molecule has 0 spiro atoms. The first kappa shape index (κ1) is 55.1. The number of carbonyl (C=O) groups is 1. The summed E-state index contributed by atoms with van der Waals surface area (Å²) < 4.78 is 0. The molecule has 272 valence electrons. The molecule has 0 saturated carbocycles. The Hall–Kier alpha value is -2.65. The van der Waals surface area contributed by atoms with Gasteiger partial charge in [-0.25, -0.2) is 0 Å². The van der Waals surface area contributed by atoms with Crippen LogP contribution in [0.2, 0.25) is 0 Å². The smallest absolute Gasteiger partial charge is 1.00 e. The molecule has 7 aromatic rings. The number of rotatable bonds is 1. The van der Waals surface area contributed by atoms with Crippen molar-refractivity contribution >= 4 is 49.6 Å². The van der Waals surface area contributed by atoms with Gasteiger partial charge in [-0.1, -0.05) is 54.6 Å². The number of nitrogens with zero attached hydrogens (tertiary/aromatic N) is 6. The van der Waals surface area contributed by atoms with E-state index in [1.807, 2.05) is 52.0 Å². The number of pyridine rings is 5. The van der Waals surface area contributed by atoms with Crippen LogP contribution in [0.3, 0.4) is 0 Å². The van der Waals surface area contributed by atoms with Crippen LogP contribution in [0.25, 0.3) is 43.6 Å². The van der Waals surface area contributed by atoms with Crippen molar-refractivity contribution in [3.63, 3.8) is 0 Å². The molecule has 0 bridgehead atoms. The second kappa shape index (κ2) is 27.9. The molecule has 10 nitrogen and oxygen atoms in total. The zero-order valence-corrected chi connectivity index (χ0v) is 37.9. The molecule has 5 aromatic heterocycles. The summed E-state index contributed by atoms with van der Waals surface area (Å²) in [7, 11) is 1.00. The zero-order chi connectivity index (χ0) is 32.9. The Morgan fingerprint density at radius 3 is 1.00 bits per heavy atom. The van der Waals surface area contributed by atoms with E-state index in [4.69, 9.17) is 15.6 Å². The largest absolute Gasteiger partial charge is 3.00 e. The Morgan fingerprint density at radius 1 is 0.549 bits per heavy atom. The number of nitroso groups, excluding NO2 is 1. The molecule has 0 atom stereocenters. The van der Waals surface area contributed by atoms with Crippen molar-refractivity contribution in [3.8, 4) is 0 Å². The van der Waals surface area contributed by atoms with Gasteiger partial charge in [-0.2, -0.15) is 0 Å². The summed E-state index contributed by atoms with van der Waals surface area (Å²) in [5.41, 5.74) is 14.0. The third-order valence-corrected chi connectivity index (χ3v) is 6.49. The van der Waals surface area contributed by atoms with Gasteiger partial charge in [0, 0.05) is 89.8 Å². The summed E-state index contributed by atoms with van der Waals surface area (Å²) in [4.78, 5) is 39.2. The summed E-state index contributed by atoms with van der Waals surface area (Å²) in [6.45, 7) is 8.03. The Morgan fingerprint density at radius 2 is 0.804 bits per heavy atom. The number of aromatic carboxylic acids is 1. The summed E-state index contributed by atoms with van der Waals surface area (Å²) >= 11 is 0. The minimum absolute atomic E-state index is 0. The fraction of sp³-hybridized carbons (Fsp3) is 0.143. The van der Waals surface area contributed by atoms with Crippen molar-refractivity contribution in [1.82, 2.24) is 30.5 Å². The van der Waals surface area contributed by atoms with Crippen LogP contribution in [0, 0.1) is 32.6 Å². The van der Waals surface area contributed by atoms with Crippen LogP contribution in [0.4, 0.5) is 0 Å². The molecule has 2 radical (unpaired) electrons. The number of carbonyl (C=O) groups excluding carboxylic acids is 1. The van der Waals surface area contributed by atoms with E-state index in [0.717, 1.165) is 73.5 Å². The number of hydrogen-bond donors (Lipinski definition) is 1. The molecular weight excluding hydrogens is 1130 g/mol. The first-order valence-electron chi connectivity index (χ1n) is 13.8. The van der Waals surface area contributed by atoms with Crippen LogP contribution in [-0.2, 0) is 37.2 Å². The summed E-state index contributed by atoms with van der Waals surface area (Å²) in [6.07, 6.45) is 2.75. The summed E-state index contributed by atoms with van der Waals surface area (Å²) in [6, 6.07) is 27.9. The molecule has 2 aromatic carbocycles. The minimum Gasteiger partial charge on any atom is -1.00 e. The maximum atomic E-state index is 10.0. The molecule has 0 aliphatic heterocycles. The predicted molar refractivity (Wildman–Crippen MR) is 175 cm³/mol. The van der Waals surface area contributed by atoms with Gasteiger partial charge in [0.15, 0.2) is 0 Å². The topological polar surface area (TPSA) is 164 Å². The number of carboxylic acid groups (broad SMARTS) is 1. The number of aliphatic hydroxyl groups excluding tert-OH is 1. The second-order valence-corrected chi connectivity index (χ2v) is 9.76. The maximum Gasteiger partial charge on any atom is 3.00 e. The van der Waals surface area contributed by atoms with E-state index in [2.05, 4.69) is 73.5 Å². The van der Waals surface area contributed by atoms with Gasteiger partial charge in [-0.05, 0) is 58.0 Å². The molecule has 0 saturated heterocycles. The number of aryl methyl sites for hydroxylation is 4.